The molecule has 0 saturated carbocycles. The summed E-state index contributed by atoms with van der Waals surface area (Å²) in [6.07, 6.45) is 3.50. The van der Waals surface area contributed by atoms with Gasteiger partial charge in [0.25, 0.3) is 0 Å². The minimum absolute atomic E-state index is 0.686. The second kappa shape index (κ2) is 6.46. The molecule has 3 aromatic heterocycles. The predicted molar refractivity (Wildman–Crippen MR) is 92.3 cm³/mol. The van der Waals surface area contributed by atoms with Crippen LogP contribution in [0.5, 0.6) is 0 Å². The third-order valence-corrected chi connectivity index (χ3v) is 4.29. The van der Waals surface area contributed by atoms with Crippen molar-refractivity contribution in [2.24, 2.45) is 0 Å². The van der Waals surface area contributed by atoms with Crippen LogP contribution in [0.4, 0.5) is 0 Å². The van der Waals surface area contributed by atoms with Crippen LogP contribution in [-0.2, 0) is 13.1 Å². The van der Waals surface area contributed by atoms with Gasteiger partial charge in [-0.15, -0.1) is 0 Å². The summed E-state index contributed by atoms with van der Waals surface area (Å²) in [6, 6.07) is 12.0. The molecule has 0 amide bonds. The molecule has 3 heterocycles. The van der Waals surface area contributed by atoms with Gasteiger partial charge in [0.15, 0.2) is 5.76 Å². The first-order valence-corrected chi connectivity index (χ1v) is 8.27. The third-order valence-electron chi connectivity index (χ3n) is 3.73. The van der Waals surface area contributed by atoms with Crippen molar-refractivity contribution in [3.05, 3.63) is 60.1 Å². The molecule has 1 aromatic carbocycles. The summed E-state index contributed by atoms with van der Waals surface area (Å²) in [5, 5.41) is 4.13. The van der Waals surface area contributed by atoms with E-state index < -0.39 is 0 Å². The maximum absolute atomic E-state index is 5.45. The lowest BCUT2D eigenvalue weighted by Gasteiger charge is -2.14. The van der Waals surface area contributed by atoms with Crippen LogP contribution in [-0.4, -0.2) is 30.8 Å². The Balaban J connectivity index is 1.44. The highest BCUT2D eigenvalue weighted by atomic mass is 32.1. The lowest BCUT2D eigenvalue weighted by molar-refractivity contribution is 0.267. The van der Waals surface area contributed by atoms with E-state index in [1.165, 1.54) is 17.3 Å². The van der Waals surface area contributed by atoms with Gasteiger partial charge in [-0.3, -0.25) is 9.88 Å². The van der Waals surface area contributed by atoms with Crippen molar-refractivity contribution < 1.29 is 4.52 Å². The summed E-state index contributed by atoms with van der Waals surface area (Å²) < 4.78 is 14.0. The van der Waals surface area contributed by atoms with Crippen LogP contribution in [0.25, 0.3) is 22.3 Å². The number of hydrogen-bond acceptors (Lipinski definition) is 7. The van der Waals surface area contributed by atoms with Crippen LogP contribution in [0.2, 0.25) is 0 Å². The van der Waals surface area contributed by atoms with Crippen LogP contribution in [0.3, 0.4) is 0 Å². The van der Waals surface area contributed by atoms with Gasteiger partial charge >= 0.3 is 0 Å². The van der Waals surface area contributed by atoms with Gasteiger partial charge in [-0.05, 0) is 36.9 Å². The van der Waals surface area contributed by atoms with Crippen LogP contribution >= 0.6 is 11.7 Å². The molecule has 4 aromatic rings. The summed E-state index contributed by atoms with van der Waals surface area (Å²) in [6.45, 7) is 1.49. The van der Waals surface area contributed by atoms with E-state index >= 15 is 0 Å². The molecule has 120 valence electrons. The Labute approximate surface area is 143 Å². The Morgan fingerprint density at radius 2 is 1.83 bits per heavy atom. The van der Waals surface area contributed by atoms with E-state index in [0.29, 0.717) is 6.54 Å². The summed E-state index contributed by atoms with van der Waals surface area (Å²) >= 11 is 1.24. The van der Waals surface area contributed by atoms with Gasteiger partial charge in [-0.1, -0.05) is 11.2 Å². The zero-order chi connectivity index (χ0) is 16.4. The summed E-state index contributed by atoms with van der Waals surface area (Å²) in [5.41, 5.74) is 4.93. The summed E-state index contributed by atoms with van der Waals surface area (Å²) in [7, 11) is 2.05. The van der Waals surface area contributed by atoms with E-state index in [-0.39, 0.29) is 0 Å². The Kier molecular flexibility index (Phi) is 4.02. The Bertz CT molecular complexity index is 950. The largest absolute Gasteiger partial charge is 0.359 e. The van der Waals surface area contributed by atoms with Gasteiger partial charge in [0, 0.05) is 30.6 Å². The number of pyridine rings is 1. The molecule has 0 fully saturated rings. The lowest BCUT2D eigenvalue weighted by atomic mass is 10.2. The Morgan fingerprint density at radius 3 is 2.71 bits per heavy atom. The quantitative estimate of drug-likeness (QED) is 0.556. The molecule has 0 bridgehead atoms. The number of benzene rings is 1. The second-order valence-electron chi connectivity index (χ2n) is 5.67. The van der Waals surface area contributed by atoms with E-state index in [1.807, 2.05) is 24.3 Å². The van der Waals surface area contributed by atoms with Crippen molar-refractivity contribution >= 4 is 22.8 Å². The second-order valence-corrected chi connectivity index (χ2v) is 6.20. The predicted octanol–water partition coefficient (Wildman–Crippen LogP) is 3.37. The lowest BCUT2D eigenvalue weighted by Crippen LogP contribution is -2.16. The SMILES string of the molecule is CN(Cc1ccc2nsnc2c1)Cc1cc(-c2ccncc2)no1. The highest BCUT2D eigenvalue weighted by Crippen LogP contribution is 2.20. The van der Waals surface area contributed by atoms with Crippen LogP contribution < -0.4 is 0 Å². The van der Waals surface area contributed by atoms with Crippen LogP contribution in [0.1, 0.15) is 11.3 Å². The molecule has 0 N–H and O–H groups in total. The van der Waals surface area contributed by atoms with Crippen LogP contribution in [0, 0.1) is 0 Å². The fourth-order valence-electron chi connectivity index (χ4n) is 2.61. The standard InChI is InChI=1S/C17H15N5OS/c1-22(10-12-2-3-15-17(8-12)21-24-20-15)11-14-9-16(19-23-14)13-4-6-18-7-5-13/h2-9H,10-11H2,1H3. The number of rotatable bonds is 5. The van der Waals surface area contributed by atoms with Crippen LogP contribution in [0.15, 0.2) is 53.3 Å². The molecule has 6 nitrogen and oxygen atoms in total. The van der Waals surface area contributed by atoms with Crippen molar-refractivity contribution in [2.75, 3.05) is 7.05 Å². The summed E-state index contributed by atoms with van der Waals surface area (Å²) in [5.74, 6) is 0.834. The first-order chi connectivity index (χ1) is 11.8. The molecule has 0 saturated heterocycles. The highest BCUT2D eigenvalue weighted by molar-refractivity contribution is 7.00. The van der Waals surface area contributed by atoms with E-state index in [4.69, 9.17) is 4.52 Å². The minimum Gasteiger partial charge on any atom is -0.359 e. The van der Waals surface area contributed by atoms with E-state index in [9.17, 15) is 0 Å². The molecule has 0 unspecified atom stereocenters. The van der Waals surface area contributed by atoms with Gasteiger partial charge in [0.1, 0.15) is 16.7 Å². The van der Waals surface area contributed by atoms with E-state index in [1.54, 1.807) is 12.4 Å². The topological polar surface area (TPSA) is 67.9 Å². The molecular formula is C17H15N5OS. The van der Waals surface area contributed by atoms with Gasteiger partial charge < -0.3 is 4.52 Å². The third kappa shape index (κ3) is 3.17. The number of nitrogens with zero attached hydrogens (tertiary/aromatic N) is 5. The van der Waals surface area contributed by atoms with Gasteiger partial charge in [-0.25, -0.2) is 0 Å². The van der Waals surface area contributed by atoms with E-state index in [0.717, 1.165) is 34.6 Å². The molecule has 0 atom stereocenters. The Hall–Kier alpha value is -2.64. The van der Waals surface area contributed by atoms with Crippen molar-refractivity contribution in [3.63, 3.8) is 0 Å². The van der Waals surface area contributed by atoms with E-state index in [2.05, 4.69) is 43.0 Å². The number of aromatic nitrogens is 4. The molecule has 0 spiro atoms. The molecular weight excluding hydrogens is 322 g/mol. The zero-order valence-corrected chi connectivity index (χ0v) is 13.9. The van der Waals surface area contributed by atoms with Gasteiger partial charge in [-0.2, -0.15) is 8.75 Å². The van der Waals surface area contributed by atoms with Crippen molar-refractivity contribution in [1.29, 1.82) is 0 Å². The first-order valence-electron chi connectivity index (χ1n) is 7.54. The molecule has 7 heteroatoms. The van der Waals surface area contributed by atoms with Crippen molar-refractivity contribution in [1.82, 2.24) is 23.8 Å². The van der Waals surface area contributed by atoms with Crippen molar-refractivity contribution in [3.8, 4) is 11.3 Å². The molecule has 24 heavy (non-hydrogen) atoms. The maximum atomic E-state index is 5.45. The first kappa shape index (κ1) is 14.9. The fourth-order valence-corrected chi connectivity index (χ4v) is 3.12. The van der Waals surface area contributed by atoms with Crippen molar-refractivity contribution in [2.45, 2.75) is 13.1 Å². The molecule has 0 aliphatic rings. The summed E-state index contributed by atoms with van der Waals surface area (Å²) in [4.78, 5) is 6.19. The number of hydrogen-bond donors (Lipinski definition) is 0. The fraction of sp³-hybridized carbons (Fsp3) is 0.176. The highest BCUT2D eigenvalue weighted by Gasteiger charge is 2.10. The number of fused-ring (bicyclic) bond motifs is 1. The maximum Gasteiger partial charge on any atom is 0.151 e. The van der Waals surface area contributed by atoms with Gasteiger partial charge in [0.2, 0.25) is 0 Å². The molecule has 0 aliphatic heterocycles. The monoisotopic (exact) mass is 337 g/mol. The molecule has 0 aliphatic carbocycles. The normalized spacial score (nSPS) is 11.4. The zero-order valence-electron chi connectivity index (χ0n) is 13.1. The average molecular weight is 337 g/mol. The molecule has 4 rings (SSSR count). The average Bonchev–Trinajstić information content (AvgIpc) is 3.24. The molecule has 0 radical (unpaired) electrons. The Morgan fingerprint density at radius 1 is 1.00 bits per heavy atom. The minimum atomic E-state index is 0.686. The van der Waals surface area contributed by atoms with Gasteiger partial charge in [0.05, 0.1) is 18.3 Å². The smallest absolute Gasteiger partial charge is 0.151 e.